The van der Waals surface area contributed by atoms with Gasteiger partial charge in [-0.25, -0.2) is 9.97 Å². The first-order chi connectivity index (χ1) is 6.65. The summed E-state index contributed by atoms with van der Waals surface area (Å²) in [5.74, 6) is 0.510. The van der Waals surface area contributed by atoms with Gasteiger partial charge < -0.3 is 4.98 Å². The molecule has 0 spiro atoms. The second-order valence-electron chi connectivity index (χ2n) is 2.89. The van der Waals surface area contributed by atoms with Crippen molar-refractivity contribution in [2.45, 2.75) is 6.92 Å². The number of rotatable bonds is 1. The Morgan fingerprint density at radius 3 is 2.29 bits per heavy atom. The molecule has 0 aliphatic heterocycles. The van der Waals surface area contributed by atoms with Crippen LogP contribution in [-0.2, 0) is 0 Å². The van der Waals surface area contributed by atoms with E-state index >= 15 is 0 Å². The molecule has 0 atom stereocenters. The molecule has 1 N–H and O–H groups in total. The molecule has 0 unspecified atom stereocenters. The lowest BCUT2D eigenvalue weighted by atomic mass is 10.4. The minimum Gasteiger partial charge on any atom is -0.356 e. The summed E-state index contributed by atoms with van der Waals surface area (Å²) < 4.78 is 0. The van der Waals surface area contributed by atoms with E-state index in [-0.39, 0.29) is 0 Å². The summed E-state index contributed by atoms with van der Waals surface area (Å²) >= 11 is 11.5. The van der Waals surface area contributed by atoms with Crippen molar-refractivity contribution in [1.29, 1.82) is 0 Å². The number of H-pyrrole nitrogens is 1. The fraction of sp³-hybridized carbons (Fsp3) is 0.111. The zero-order valence-electron chi connectivity index (χ0n) is 7.38. The molecular formula is C9H7Cl2N3. The minimum absolute atomic E-state index is 0.340. The number of nitrogens with zero attached hydrogens (tertiary/aromatic N) is 2. The van der Waals surface area contributed by atoms with Crippen molar-refractivity contribution in [2.75, 3.05) is 0 Å². The largest absolute Gasteiger partial charge is 0.356 e. The average molecular weight is 228 g/mol. The van der Waals surface area contributed by atoms with E-state index < -0.39 is 0 Å². The molecule has 0 radical (unpaired) electrons. The van der Waals surface area contributed by atoms with Gasteiger partial charge in [0.25, 0.3) is 0 Å². The molecule has 14 heavy (non-hydrogen) atoms. The van der Waals surface area contributed by atoms with Gasteiger partial charge >= 0.3 is 0 Å². The molecule has 2 heterocycles. The summed E-state index contributed by atoms with van der Waals surface area (Å²) in [5.41, 5.74) is 1.85. The molecule has 5 heteroatoms. The Labute approximate surface area is 91.1 Å². The van der Waals surface area contributed by atoms with Crippen LogP contribution in [0, 0.1) is 6.92 Å². The molecule has 0 saturated carbocycles. The van der Waals surface area contributed by atoms with Gasteiger partial charge in [0.15, 0.2) is 5.82 Å². The molecule has 0 aromatic carbocycles. The van der Waals surface area contributed by atoms with Gasteiger partial charge in [0.2, 0.25) is 0 Å². The zero-order chi connectivity index (χ0) is 10.1. The summed E-state index contributed by atoms with van der Waals surface area (Å²) in [5, 5.41) is 0.680. The van der Waals surface area contributed by atoms with Crippen LogP contribution in [0.3, 0.4) is 0 Å². The highest BCUT2D eigenvalue weighted by Crippen LogP contribution is 2.19. The van der Waals surface area contributed by atoms with Crippen molar-refractivity contribution < 1.29 is 0 Å². The van der Waals surface area contributed by atoms with Crippen LogP contribution >= 0.6 is 23.2 Å². The molecule has 0 fully saturated rings. The summed E-state index contributed by atoms with van der Waals surface area (Å²) in [6.07, 6.45) is 0. The molecule has 2 aromatic heterocycles. The van der Waals surface area contributed by atoms with Crippen molar-refractivity contribution in [2.24, 2.45) is 0 Å². The van der Waals surface area contributed by atoms with Crippen LogP contribution in [0.4, 0.5) is 0 Å². The number of hydrogen-bond acceptors (Lipinski definition) is 2. The lowest BCUT2D eigenvalue weighted by Gasteiger charge is -1.98. The molecule has 72 valence electrons. The second kappa shape index (κ2) is 3.59. The van der Waals surface area contributed by atoms with Crippen LogP contribution in [0.25, 0.3) is 11.5 Å². The SMILES string of the molecule is Cc1ccc(-c2nc(Cl)cc(Cl)n2)[nH]1. The van der Waals surface area contributed by atoms with E-state index in [2.05, 4.69) is 15.0 Å². The van der Waals surface area contributed by atoms with Crippen LogP contribution < -0.4 is 0 Å². The Morgan fingerprint density at radius 2 is 1.79 bits per heavy atom. The van der Waals surface area contributed by atoms with Crippen LogP contribution in [0.1, 0.15) is 5.69 Å². The third-order valence-electron chi connectivity index (χ3n) is 1.74. The van der Waals surface area contributed by atoms with E-state index in [0.29, 0.717) is 16.1 Å². The Bertz CT molecular complexity index is 445. The quantitative estimate of drug-likeness (QED) is 0.762. The Kier molecular flexibility index (Phi) is 2.44. The van der Waals surface area contributed by atoms with E-state index in [9.17, 15) is 0 Å². The number of aryl methyl sites for hydroxylation is 1. The second-order valence-corrected chi connectivity index (χ2v) is 3.67. The lowest BCUT2D eigenvalue weighted by Crippen LogP contribution is -1.90. The number of hydrogen-bond donors (Lipinski definition) is 1. The van der Waals surface area contributed by atoms with Crippen LogP contribution in [0.15, 0.2) is 18.2 Å². The van der Waals surface area contributed by atoms with Gasteiger partial charge in [-0.05, 0) is 19.1 Å². The maximum atomic E-state index is 5.76. The summed E-state index contributed by atoms with van der Waals surface area (Å²) in [6.45, 7) is 1.95. The highest BCUT2D eigenvalue weighted by molar-refractivity contribution is 6.33. The first-order valence-electron chi connectivity index (χ1n) is 4.01. The predicted octanol–water partition coefficient (Wildman–Crippen LogP) is 3.09. The Hall–Kier alpha value is -1.06. The van der Waals surface area contributed by atoms with Gasteiger partial charge in [0, 0.05) is 11.8 Å². The summed E-state index contributed by atoms with van der Waals surface area (Å²) in [7, 11) is 0. The van der Waals surface area contributed by atoms with Gasteiger partial charge in [-0.2, -0.15) is 0 Å². The van der Waals surface area contributed by atoms with E-state index in [1.807, 2.05) is 19.1 Å². The number of aromatic amines is 1. The topological polar surface area (TPSA) is 41.6 Å². The average Bonchev–Trinajstić information content (AvgIpc) is 2.50. The van der Waals surface area contributed by atoms with E-state index in [4.69, 9.17) is 23.2 Å². The van der Waals surface area contributed by atoms with Crippen LogP contribution in [0.5, 0.6) is 0 Å². The Morgan fingerprint density at radius 1 is 1.14 bits per heavy atom. The predicted molar refractivity (Wildman–Crippen MR) is 56.6 cm³/mol. The standard InChI is InChI=1S/C9H7Cl2N3/c1-5-2-3-6(12-5)9-13-7(10)4-8(11)14-9/h2-4,12H,1H3. The first kappa shape index (κ1) is 9.49. The fourth-order valence-corrected chi connectivity index (χ4v) is 1.57. The highest BCUT2D eigenvalue weighted by Gasteiger charge is 2.05. The van der Waals surface area contributed by atoms with Gasteiger partial charge in [0.1, 0.15) is 10.3 Å². The molecule has 0 saturated heterocycles. The molecule has 0 aliphatic carbocycles. The molecule has 2 rings (SSSR count). The van der Waals surface area contributed by atoms with Gasteiger partial charge in [-0.3, -0.25) is 0 Å². The zero-order valence-corrected chi connectivity index (χ0v) is 8.89. The van der Waals surface area contributed by atoms with Crippen LogP contribution in [-0.4, -0.2) is 15.0 Å². The van der Waals surface area contributed by atoms with Crippen molar-refractivity contribution in [3.8, 4) is 11.5 Å². The minimum atomic E-state index is 0.340. The van der Waals surface area contributed by atoms with E-state index in [1.165, 1.54) is 6.07 Å². The molecule has 0 amide bonds. The normalized spacial score (nSPS) is 10.5. The highest BCUT2D eigenvalue weighted by atomic mass is 35.5. The fourth-order valence-electron chi connectivity index (χ4n) is 1.15. The van der Waals surface area contributed by atoms with E-state index in [1.54, 1.807) is 0 Å². The van der Waals surface area contributed by atoms with Crippen molar-refractivity contribution in [3.05, 3.63) is 34.2 Å². The maximum absolute atomic E-state index is 5.76. The molecule has 3 nitrogen and oxygen atoms in total. The van der Waals surface area contributed by atoms with E-state index in [0.717, 1.165) is 11.4 Å². The van der Waals surface area contributed by atoms with Crippen molar-refractivity contribution in [3.63, 3.8) is 0 Å². The molecule has 0 aliphatic rings. The number of nitrogens with one attached hydrogen (secondary N) is 1. The van der Waals surface area contributed by atoms with Gasteiger partial charge in [-0.1, -0.05) is 23.2 Å². The first-order valence-corrected chi connectivity index (χ1v) is 4.77. The number of halogens is 2. The van der Waals surface area contributed by atoms with Gasteiger partial charge in [0.05, 0.1) is 5.69 Å². The Balaban J connectivity index is 2.51. The number of aromatic nitrogens is 3. The lowest BCUT2D eigenvalue weighted by molar-refractivity contribution is 1.14. The maximum Gasteiger partial charge on any atom is 0.178 e. The third-order valence-corrected chi connectivity index (χ3v) is 2.12. The summed E-state index contributed by atoms with van der Waals surface area (Å²) in [4.78, 5) is 11.2. The molecule has 2 aromatic rings. The summed E-state index contributed by atoms with van der Waals surface area (Å²) in [6, 6.07) is 5.33. The monoisotopic (exact) mass is 227 g/mol. The molecular weight excluding hydrogens is 221 g/mol. The van der Waals surface area contributed by atoms with Gasteiger partial charge in [-0.15, -0.1) is 0 Å². The third kappa shape index (κ3) is 1.89. The van der Waals surface area contributed by atoms with Crippen molar-refractivity contribution in [1.82, 2.24) is 15.0 Å². The van der Waals surface area contributed by atoms with Crippen molar-refractivity contribution >= 4 is 23.2 Å². The smallest absolute Gasteiger partial charge is 0.178 e. The van der Waals surface area contributed by atoms with Crippen LogP contribution in [0.2, 0.25) is 10.3 Å². The molecule has 0 bridgehead atoms.